The highest BCUT2D eigenvalue weighted by Gasteiger charge is 2.11. The lowest BCUT2D eigenvalue weighted by atomic mass is 10.1. The first-order valence-electron chi connectivity index (χ1n) is 6.05. The number of halogens is 1. The van der Waals surface area contributed by atoms with Gasteiger partial charge in [0.1, 0.15) is 0 Å². The van der Waals surface area contributed by atoms with Crippen LogP contribution in [0.3, 0.4) is 0 Å². The summed E-state index contributed by atoms with van der Waals surface area (Å²) < 4.78 is 5.02. The van der Waals surface area contributed by atoms with Gasteiger partial charge < -0.3 is 15.2 Å². The van der Waals surface area contributed by atoms with Gasteiger partial charge in [-0.25, -0.2) is 0 Å². The lowest BCUT2D eigenvalue weighted by Crippen LogP contribution is -2.01. The molecule has 0 amide bonds. The number of nitro benzene ring substituents is 1. The molecule has 0 spiro atoms. The van der Waals surface area contributed by atoms with E-state index in [0.29, 0.717) is 22.0 Å². The van der Waals surface area contributed by atoms with Gasteiger partial charge in [0.15, 0.2) is 11.5 Å². The molecule has 6 nitrogen and oxygen atoms in total. The molecule has 0 heterocycles. The smallest absolute Gasteiger partial charge is 0.271 e. The van der Waals surface area contributed by atoms with Gasteiger partial charge >= 0.3 is 0 Å². The van der Waals surface area contributed by atoms with Crippen LogP contribution >= 0.6 is 11.6 Å². The summed E-state index contributed by atoms with van der Waals surface area (Å²) >= 11 is 5.99. The van der Waals surface area contributed by atoms with Gasteiger partial charge in [-0.2, -0.15) is 0 Å². The molecule has 0 fully saturated rings. The third-order valence-corrected chi connectivity index (χ3v) is 3.26. The molecule has 0 radical (unpaired) electrons. The Morgan fingerprint density at radius 1 is 1.38 bits per heavy atom. The SMILES string of the molecule is COc1cccc(CNc2cc([N+](=O)[O-])ccc2Cl)c1O. The fraction of sp³-hybridized carbons (Fsp3) is 0.143. The van der Waals surface area contributed by atoms with Crippen LogP contribution in [0.1, 0.15) is 5.56 Å². The first-order chi connectivity index (χ1) is 10.0. The number of methoxy groups -OCH3 is 1. The molecule has 0 saturated heterocycles. The van der Waals surface area contributed by atoms with E-state index in [-0.39, 0.29) is 18.0 Å². The molecule has 2 aromatic carbocycles. The first-order valence-corrected chi connectivity index (χ1v) is 6.43. The summed E-state index contributed by atoms with van der Waals surface area (Å²) in [5.74, 6) is 0.383. The van der Waals surface area contributed by atoms with E-state index < -0.39 is 4.92 Å². The zero-order valence-corrected chi connectivity index (χ0v) is 11.9. The predicted octanol–water partition coefficient (Wildman–Crippen LogP) is 3.57. The van der Waals surface area contributed by atoms with E-state index in [1.165, 1.54) is 25.3 Å². The summed E-state index contributed by atoms with van der Waals surface area (Å²) in [6, 6.07) is 9.23. The zero-order valence-electron chi connectivity index (χ0n) is 11.2. The van der Waals surface area contributed by atoms with Crippen molar-refractivity contribution in [2.75, 3.05) is 12.4 Å². The van der Waals surface area contributed by atoms with Crippen molar-refractivity contribution in [1.29, 1.82) is 0 Å². The maximum absolute atomic E-state index is 10.8. The van der Waals surface area contributed by atoms with E-state index in [1.54, 1.807) is 18.2 Å². The number of nitrogens with zero attached hydrogens (tertiary/aromatic N) is 1. The molecule has 2 N–H and O–H groups in total. The number of hydrogen-bond donors (Lipinski definition) is 2. The van der Waals surface area contributed by atoms with Crippen LogP contribution < -0.4 is 10.1 Å². The average Bonchev–Trinajstić information content (AvgIpc) is 2.47. The number of hydrogen-bond acceptors (Lipinski definition) is 5. The number of nitro groups is 1. The summed E-state index contributed by atoms with van der Waals surface area (Å²) in [6.45, 7) is 0.254. The van der Waals surface area contributed by atoms with Crippen molar-refractivity contribution in [3.8, 4) is 11.5 Å². The van der Waals surface area contributed by atoms with E-state index >= 15 is 0 Å². The number of phenols is 1. The molecule has 2 rings (SSSR count). The van der Waals surface area contributed by atoms with Gasteiger partial charge in [-0.15, -0.1) is 0 Å². The van der Waals surface area contributed by atoms with E-state index in [1.807, 2.05) is 0 Å². The number of aromatic hydroxyl groups is 1. The Morgan fingerprint density at radius 2 is 2.14 bits per heavy atom. The maximum Gasteiger partial charge on any atom is 0.271 e. The van der Waals surface area contributed by atoms with Gasteiger partial charge in [0.05, 0.1) is 22.7 Å². The van der Waals surface area contributed by atoms with Gasteiger partial charge in [0, 0.05) is 24.2 Å². The minimum absolute atomic E-state index is 0.0223. The lowest BCUT2D eigenvalue weighted by Gasteiger charge is -2.11. The molecule has 0 unspecified atom stereocenters. The van der Waals surface area contributed by atoms with Gasteiger partial charge in [0.2, 0.25) is 0 Å². The molecule has 0 saturated carbocycles. The highest BCUT2D eigenvalue weighted by atomic mass is 35.5. The average molecular weight is 309 g/mol. The van der Waals surface area contributed by atoms with Gasteiger partial charge in [-0.05, 0) is 12.1 Å². The summed E-state index contributed by atoms with van der Waals surface area (Å²) in [7, 11) is 1.46. The molecule has 110 valence electrons. The molecule has 0 aromatic heterocycles. The Labute approximate surface area is 126 Å². The number of benzene rings is 2. The standard InChI is InChI=1S/C14H13ClN2O4/c1-21-13-4-2-3-9(14(13)18)8-16-12-7-10(17(19)20)5-6-11(12)15/h2-7,16,18H,8H2,1H3. The Hall–Kier alpha value is -2.47. The van der Waals surface area contributed by atoms with Crippen LogP contribution in [0, 0.1) is 10.1 Å². The van der Waals surface area contributed by atoms with Crippen LogP contribution in [0.4, 0.5) is 11.4 Å². The van der Waals surface area contributed by atoms with Crippen molar-refractivity contribution < 1.29 is 14.8 Å². The number of ether oxygens (including phenoxy) is 1. The summed E-state index contributed by atoms with van der Waals surface area (Å²) in [6.07, 6.45) is 0. The Bertz CT molecular complexity index is 676. The molecule has 0 aliphatic rings. The summed E-state index contributed by atoms with van der Waals surface area (Å²) in [5, 5.41) is 24.1. The Morgan fingerprint density at radius 3 is 2.81 bits per heavy atom. The quantitative estimate of drug-likeness (QED) is 0.651. The third kappa shape index (κ3) is 3.35. The fourth-order valence-electron chi connectivity index (χ4n) is 1.83. The number of rotatable bonds is 5. The van der Waals surface area contributed by atoms with Crippen LogP contribution in [0.25, 0.3) is 0 Å². The second kappa shape index (κ2) is 6.32. The molecule has 2 aromatic rings. The van der Waals surface area contributed by atoms with Gasteiger partial charge in [0.25, 0.3) is 5.69 Å². The maximum atomic E-state index is 10.8. The van der Waals surface area contributed by atoms with Crippen LogP contribution in [0.2, 0.25) is 5.02 Å². The van der Waals surface area contributed by atoms with Crippen molar-refractivity contribution in [1.82, 2.24) is 0 Å². The Balaban J connectivity index is 2.20. The topological polar surface area (TPSA) is 84.6 Å². The fourth-order valence-corrected chi connectivity index (χ4v) is 2.01. The van der Waals surface area contributed by atoms with E-state index in [9.17, 15) is 15.2 Å². The van der Waals surface area contributed by atoms with Crippen molar-refractivity contribution in [3.05, 3.63) is 57.1 Å². The highest BCUT2D eigenvalue weighted by molar-refractivity contribution is 6.33. The number of nitrogens with one attached hydrogen (secondary N) is 1. The third-order valence-electron chi connectivity index (χ3n) is 2.93. The highest BCUT2D eigenvalue weighted by Crippen LogP contribution is 2.31. The molecule has 0 aliphatic carbocycles. The zero-order chi connectivity index (χ0) is 15.4. The minimum Gasteiger partial charge on any atom is -0.504 e. The monoisotopic (exact) mass is 308 g/mol. The molecule has 0 aliphatic heterocycles. The summed E-state index contributed by atoms with van der Waals surface area (Å²) in [4.78, 5) is 10.3. The van der Waals surface area contributed by atoms with Crippen LogP contribution in [-0.2, 0) is 6.54 Å². The van der Waals surface area contributed by atoms with Crippen molar-refractivity contribution in [2.24, 2.45) is 0 Å². The second-order valence-electron chi connectivity index (χ2n) is 4.24. The van der Waals surface area contributed by atoms with Crippen LogP contribution in [-0.4, -0.2) is 17.1 Å². The number of phenolic OH excluding ortho intramolecular Hbond substituents is 1. The molecule has 7 heteroatoms. The van der Waals surface area contributed by atoms with Crippen molar-refractivity contribution in [2.45, 2.75) is 6.54 Å². The van der Waals surface area contributed by atoms with Gasteiger partial charge in [-0.3, -0.25) is 10.1 Å². The molecule has 21 heavy (non-hydrogen) atoms. The van der Waals surface area contributed by atoms with Gasteiger partial charge in [-0.1, -0.05) is 23.7 Å². The summed E-state index contributed by atoms with van der Waals surface area (Å²) in [5.41, 5.74) is 0.960. The van der Waals surface area contributed by atoms with E-state index in [2.05, 4.69) is 5.32 Å². The minimum atomic E-state index is -0.496. The number of non-ortho nitro benzene ring substituents is 1. The molecule has 0 bridgehead atoms. The first kappa shape index (κ1) is 14.9. The predicted molar refractivity (Wildman–Crippen MR) is 80.1 cm³/mol. The largest absolute Gasteiger partial charge is 0.504 e. The van der Waals surface area contributed by atoms with Crippen molar-refractivity contribution >= 4 is 23.0 Å². The molecular formula is C14H13ClN2O4. The van der Waals surface area contributed by atoms with Crippen LogP contribution in [0.5, 0.6) is 11.5 Å². The van der Waals surface area contributed by atoms with E-state index in [0.717, 1.165) is 0 Å². The Kier molecular flexibility index (Phi) is 4.49. The molecule has 0 atom stereocenters. The molecular weight excluding hydrogens is 296 g/mol. The normalized spacial score (nSPS) is 10.2. The number of para-hydroxylation sites is 1. The lowest BCUT2D eigenvalue weighted by molar-refractivity contribution is -0.384. The number of anilines is 1. The van der Waals surface area contributed by atoms with Crippen LogP contribution in [0.15, 0.2) is 36.4 Å². The van der Waals surface area contributed by atoms with Crippen molar-refractivity contribution in [3.63, 3.8) is 0 Å². The van der Waals surface area contributed by atoms with E-state index in [4.69, 9.17) is 16.3 Å². The second-order valence-corrected chi connectivity index (χ2v) is 4.65.